The fourth-order valence-corrected chi connectivity index (χ4v) is 1.36. The number of nitrogens with one attached hydrogen (secondary N) is 1. The van der Waals surface area contributed by atoms with E-state index < -0.39 is 24.0 Å². The van der Waals surface area contributed by atoms with Crippen molar-refractivity contribution in [1.82, 2.24) is 10.3 Å². The zero-order valence-electron chi connectivity index (χ0n) is 9.69. The second kappa shape index (κ2) is 5.49. The van der Waals surface area contributed by atoms with Gasteiger partial charge in [0, 0.05) is 6.54 Å². The highest BCUT2D eigenvalue weighted by molar-refractivity contribution is 5.81. The van der Waals surface area contributed by atoms with Crippen LogP contribution in [-0.2, 0) is 4.79 Å². The van der Waals surface area contributed by atoms with Gasteiger partial charge in [-0.2, -0.15) is 13.2 Å². The van der Waals surface area contributed by atoms with Gasteiger partial charge in [-0.25, -0.2) is 5.84 Å². The van der Waals surface area contributed by atoms with Crippen molar-refractivity contribution >= 4 is 5.91 Å². The summed E-state index contributed by atoms with van der Waals surface area (Å²) < 4.78 is 36.6. The van der Waals surface area contributed by atoms with E-state index in [1.807, 2.05) is 5.43 Å². The van der Waals surface area contributed by atoms with Crippen LogP contribution in [-0.4, -0.2) is 36.6 Å². The predicted octanol–water partition coefficient (Wildman–Crippen LogP) is 0.887. The maximum absolute atomic E-state index is 12.2. The van der Waals surface area contributed by atoms with Crippen LogP contribution in [0.25, 0.3) is 0 Å². The number of nitrogens with two attached hydrogens (primary N) is 1. The van der Waals surface area contributed by atoms with Crippen LogP contribution in [0.2, 0.25) is 0 Å². The summed E-state index contributed by atoms with van der Waals surface area (Å²) in [5.74, 6) is 4.48. The van der Waals surface area contributed by atoms with Crippen LogP contribution >= 0.6 is 0 Å². The van der Waals surface area contributed by atoms with E-state index in [4.69, 9.17) is 5.84 Å². The topological polar surface area (TPSA) is 58.4 Å². The molecule has 0 saturated heterocycles. The molecular formula is C9H18F3N3O. The molecule has 0 fully saturated rings. The minimum Gasteiger partial charge on any atom is -0.294 e. The molecule has 0 aromatic carbocycles. The second-order valence-corrected chi connectivity index (χ2v) is 4.28. The van der Waals surface area contributed by atoms with Crippen molar-refractivity contribution in [2.75, 3.05) is 19.6 Å². The van der Waals surface area contributed by atoms with Gasteiger partial charge >= 0.3 is 6.18 Å². The standard InChI is InChI=1S/C9H18F3N3O/c1-4-15(6-9(10,11)12)5-8(2,3)7(16)14-13/h4-6,13H2,1-3H3,(H,14,16). The molecule has 0 rings (SSSR count). The molecule has 0 atom stereocenters. The molecule has 0 aromatic rings. The third-order valence-corrected chi connectivity index (χ3v) is 2.21. The van der Waals surface area contributed by atoms with E-state index in [9.17, 15) is 18.0 Å². The highest BCUT2D eigenvalue weighted by Crippen LogP contribution is 2.21. The number of hydrogen-bond donors (Lipinski definition) is 2. The maximum Gasteiger partial charge on any atom is 0.401 e. The molecule has 96 valence electrons. The number of amides is 1. The van der Waals surface area contributed by atoms with E-state index in [1.54, 1.807) is 20.8 Å². The number of carbonyl (C=O) groups is 1. The van der Waals surface area contributed by atoms with Gasteiger partial charge in [0.15, 0.2) is 0 Å². The highest BCUT2D eigenvalue weighted by Gasteiger charge is 2.35. The van der Waals surface area contributed by atoms with Crippen LogP contribution in [0.5, 0.6) is 0 Å². The van der Waals surface area contributed by atoms with Gasteiger partial charge in [-0.3, -0.25) is 15.1 Å². The molecule has 0 radical (unpaired) electrons. The van der Waals surface area contributed by atoms with Gasteiger partial charge in [0.2, 0.25) is 5.91 Å². The summed E-state index contributed by atoms with van der Waals surface area (Å²) in [6.45, 7) is 3.92. The van der Waals surface area contributed by atoms with E-state index in [0.29, 0.717) is 0 Å². The third kappa shape index (κ3) is 5.32. The van der Waals surface area contributed by atoms with E-state index in [-0.39, 0.29) is 13.1 Å². The Hall–Kier alpha value is -0.820. The minimum absolute atomic E-state index is 0.00600. The average Bonchev–Trinajstić information content (AvgIpc) is 2.12. The Kier molecular flexibility index (Phi) is 5.21. The van der Waals surface area contributed by atoms with Crippen molar-refractivity contribution in [2.24, 2.45) is 11.3 Å². The normalized spacial score (nSPS) is 13.0. The third-order valence-electron chi connectivity index (χ3n) is 2.21. The molecule has 0 aromatic heterocycles. The molecule has 0 unspecified atom stereocenters. The number of hydrazine groups is 1. The number of rotatable bonds is 5. The Morgan fingerprint density at radius 1 is 1.31 bits per heavy atom. The summed E-state index contributed by atoms with van der Waals surface area (Å²) >= 11 is 0. The molecule has 7 heteroatoms. The number of hydrogen-bond acceptors (Lipinski definition) is 3. The molecule has 0 bridgehead atoms. The Morgan fingerprint density at radius 2 is 1.81 bits per heavy atom. The van der Waals surface area contributed by atoms with Gasteiger partial charge < -0.3 is 0 Å². The SMILES string of the molecule is CCN(CC(F)(F)F)CC(C)(C)C(=O)NN. The van der Waals surface area contributed by atoms with E-state index in [2.05, 4.69) is 0 Å². The summed E-state index contributed by atoms with van der Waals surface area (Å²) in [4.78, 5) is 12.5. The Bertz CT molecular complexity index is 241. The van der Waals surface area contributed by atoms with Crippen molar-refractivity contribution in [3.8, 4) is 0 Å². The lowest BCUT2D eigenvalue weighted by Crippen LogP contribution is -2.48. The first kappa shape index (κ1) is 15.2. The number of halogens is 3. The first-order chi connectivity index (χ1) is 7.12. The molecule has 0 aliphatic carbocycles. The Labute approximate surface area is 92.9 Å². The summed E-state index contributed by atoms with van der Waals surface area (Å²) in [6, 6.07) is 0. The van der Waals surface area contributed by atoms with Crippen LogP contribution in [0.1, 0.15) is 20.8 Å². The highest BCUT2D eigenvalue weighted by atomic mass is 19.4. The zero-order valence-corrected chi connectivity index (χ0v) is 9.69. The maximum atomic E-state index is 12.2. The van der Waals surface area contributed by atoms with Gasteiger partial charge in [-0.05, 0) is 20.4 Å². The van der Waals surface area contributed by atoms with Crippen LogP contribution in [0.4, 0.5) is 13.2 Å². The van der Waals surface area contributed by atoms with E-state index in [1.165, 1.54) is 0 Å². The Morgan fingerprint density at radius 3 is 2.12 bits per heavy atom. The van der Waals surface area contributed by atoms with Crippen molar-refractivity contribution in [1.29, 1.82) is 0 Å². The van der Waals surface area contributed by atoms with Crippen molar-refractivity contribution < 1.29 is 18.0 Å². The van der Waals surface area contributed by atoms with Gasteiger partial charge in [0.25, 0.3) is 0 Å². The largest absolute Gasteiger partial charge is 0.401 e. The lowest BCUT2D eigenvalue weighted by molar-refractivity contribution is -0.151. The fraction of sp³-hybridized carbons (Fsp3) is 0.889. The lowest BCUT2D eigenvalue weighted by atomic mass is 9.92. The van der Waals surface area contributed by atoms with Crippen LogP contribution in [0, 0.1) is 5.41 Å². The molecule has 4 nitrogen and oxygen atoms in total. The van der Waals surface area contributed by atoms with Gasteiger partial charge in [0.1, 0.15) is 0 Å². The molecule has 0 spiro atoms. The zero-order chi connectivity index (χ0) is 13.0. The summed E-state index contributed by atoms with van der Waals surface area (Å²) in [6.07, 6.45) is -4.26. The molecule has 3 N–H and O–H groups in total. The summed E-state index contributed by atoms with van der Waals surface area (Å²) in [5.41, 5.74) is 1.00. The summed E-state index contributed by atoms with van der Waals surface area (Å²) in [5, 5.41) is 0. The number of carbonyl (C=O) groups excluding carboxylic acids is 1. The lowest BCUT2D eigenvalue weighted by Gasteiger charge is -2.30. The fourth-order valence-electron chi connectivity index (χ4n) is 1.36. The van der Waals surface area contributed by atoms with Gasteiger partial charge in [-0.15, -0.1) is 0 Å². The molecular weight excluding hydrogens is 223 g/mol. The first-order valence-electron chi connectivity index (χ1n) is 4.92. The van der Waals surface area contributed by atoms with E-state index >= 15 is 0 Å². The molecule has 0 aliphatic heterocycles. The average molecular weight is 241 g/mol. The van der Waals surface area contributed by atoms with Gasteiger partial charge in [0.05, 0.1) is 12.0 Å². The van der Waals surface area contributed by atoms with Crippen LogP contribution in [0.3, 0.4) is 0 Å². The van der Waals surface area contributed by atoms with Crippen molar-refractivity contribution in [3.05, 3.63) is 0 Å². The van der Waals surface area contributed by atoms with E-state index in [0.717, 1.165) is 4.90 Å². The van der Waals surface area contributed by atoms with Crippen LogP contribution < -0.4 is 11.3 Å². The summed E-state index contributed by atoms with van der Waals surface area (Å²) in [7, 11) is 0. The number of nitrogens with zero attached hydrogens (tertiary/aromatic N) is 1. The monoisotopic (exact) mass is 241 g/mol. The smallest absolute Gasteiger partial charge is 0.294 e. The Balaban J connectivity index is 4.48. The minimum atomic E-state index is -4.26. The van der Waals surface area contributed by atoms with Crippen molar-refractivity contribution in [3.63, 3.8) is 0 Å². The van der Waals surface area contributed by atoms with Gasteiger partial charge in [-0.1, -0.05) is 6.92 Å². The molecule has 0 aliphatic rings. The first-order valence-corrected chi connectivity index (χ1v) is 4.92. The second-order valence-electron chi connectivity index (χ2n) is 4.28. The molecule has 0 heterocycles. The molecule has 16 heavy (non-hydrogen) atoms. The molecule has 0 saturated carbocycles. The molecule has 1 amide bonds. The van der Waals surface area contributed by atoms with Crippen molar-refractivity contribution in [2.45, 2.75) is 26.9 Å². The van der Waals surface area contributed by atoms with Crippen LogP contribution in [0.15, 0.2) is 0 Å². The quantitative estimate of drug-likeness (QED) is 0.427. The predicted molar refractivity (Wildman–Crippen MR) is 54.3 cm³/mol. The number of alkyl halides is 3.